The van der Waals surface area contributed by atoms with Gasteiger partial charge in [-0.15, -0.1) is 0 Å². The largest absolute Gasteiger partial charge is 0.377 e. The minimum atomic E-state index is 0.760. The van der Waals surface area contributed by atoms with Crippen molar-refractivity contribution in [3.63, 3.8) is 0 Å². The summed E-state index contributed by atoms with van der Waals surface area (Å²) in [5.41, 5.74) is 5.63. The predicted molar refractivity (Wildman–Crippen MR) is 83.3 cm³/mol. The summed E-state index contributed by atoms with van der Waals surface area (Å²) in [6, 6.07) is 3.97. The molecule has 1 heterocycles. The number of aromatic nitrogens is 1. The van der Waals surface area contributed by atoms with Crippen LogP contribution in [-0.4, -0.2) is 26.1 Å². The summed E-state index contributed by atoms with van der Waals surface area (Å²) >= 11 is 6.20. The molecule has 0 atom stereocenters. The van der Waals surface area contributed by atoms with E-state index in [0.717, 1.165) is 33.7 Å². The lowest BCUT2D eigenvalue weighted by Crippen LogP contribution is -2.16. The van der Waals surface area contributed by atoms with Crippen LogP contribution in [0, 0.1) is 13.8 Å². The van der Waals surface area contributed by atoms with E-state index < -0.39 is 0 Å². The second-order valence-electron chi connectivity index (χ2n) is 5.08. The number of hydrogen-bond acceptors (Lipinski definition) is 3. The Labute approximate surface area is 119 Å². The van der Waals surface area contributed by atoms with Crippen molar-refractivity contribution < 1.29 is 0 Å². The van der Waals surface area contributed by atoms with E-state index in [9.17, 15) is 0 Å². The summed E-state index contributed by atoms with van der Waals surface area (Å²) in [4.78, 5) is 6.93. The van der Waals surface area contributed by atoms with Gasteiger partial charge < -0.3 is 10.2 Å². The minimum absolute atomic E-state index is 0.760. The van der Waals surface area contributed by atoms with E-state index in [2.05, 4.69) is 38.2 Å². The van der Waals surface area contributed by atoms with Gasteiger partial charge in [-0.1, -0.05) is 11.6 Å². The number of halogens is 1. The maximum absolute atomic E-state index is 6.20. The van der Waals surface area contributed by atoms with Crippen LogP contribution in [0.15, 0.2) is 12.1 Å². The molecule has 2 rings (SSSR count). The number of anilines is 1. The van der Waals surface area contributed by atoms with Crippen molar-refractivity contribution >= 4 is 28.2 Å². The molecule has 0 bridgehead atoms. The van der Waals surface area contributed by atoms with Crippen molar-refractivity contribution in [3.8, 4) is 0 Å². The maximum Gasteiger partial charge on any atom is 0.0757 e. The first kappa shape index (κ1) is 14.1. The number of nitrogens with one attached hydrogen (secondary N) is 1. The molecule has 3 nitrogen and oxygen atoms in total. The fraction of sp³-hybridized carbons (Fsp3) is 0.400. The lowest BCUT2D eigenvalue weighted by molar-refractivity contribution is 0.787. The second kappa shape index (κ2) is 5.35. The van der Waals surface area contributed by atoms with Crippen LogP contribution < -0.4 is 10.2 Å². The molecule has 19 heavy (non-hydrogen) atoms. The second-order valence-corrected chi connectivity index (χ2v) is 5.51. The van der Waals surface area contributed by atoms with Gasteiger partial charge in [0.15, 0.2) is 0 Å². The summed E-state index contributed by atoms with van der Waals surface area (Å²) in [5.74, 6) is 0. The Bertz CT molecular complexity index is 621. The van der Waals surface area contributed by atoms with Gasteiger partial charge in [-0.3, -0.25) is 4.98 Å². The van der Waals surface area contributed by atoms with E-state index in [1.165, 1.54) is 11.3 Å². The number of aryl methyl sites for hydroxylation is 1. The third-order valence-corrected chi connectivity index (χ3v) is 3.56. The Kier molecular flexibility index (Phi) is 3.97. The molecule has 0 aliphatic carbocycles. The highest BCUT2D eigenvalue weighted by atomic mass is 35.5. The van der Waals surface area contributed by atoms with E-state index in [1.54, 1.807) is 0 Å². The van der Waals surface area contributed by atoms with Crippen LogP contribution in [0.2, 0.25) is 5.02 Å². The summed E-state index contributed by atoms with van der Waals surface area (Å²) in [7, 11) is 6.05. The summed E-state index contributed by atoms with van der Waals surface area (Å²) < 4.78 is 0. The molecule has 0 aliphatic rings. The topological polar surface area (TPSA) is 28.2 Å². The Balaban J connectivity index is 2.87. The first-order chi connectivity index (χ1) is 8.95. The third-order valence-electron chi connectivity index (χ3n) is 3.35. The zero-order valence-corrected chi connectivity index (χ0v) is 12.9. The molecule has 0 spiro atoms. The first-order valence-corrected chi connectivity index (χ1v) is 6.74. The highest BCUT2D eigenvalue weighted by molar-refractivity contribution is 6.31. The molecular formula is C15H20ClN3. The van der Waals surface area contributed by atoms with Crippen LogP contribution in [0.1, 0.15) is 16.8 Å². The highest BCUT2D eigenvalue weighted by Gasteiger charge is 2.14. The fourth-order valence-corrected chi connectivity index (χ4v) is 2.81. The monoisotopic (exact) mass is 277 g/mol. The third kappa shape index (κ3) is 2.53. The van der Waals surface area contributed by atoms with Crippen LogP contribution in [0.25, 0.3) is 10.9 Å². The normalized spacial score (nSPS) is 11.1. The summed E-state index contributed by atoms with van der Waals surface area (Å²) in [6.45, 7) is 4.94. The van der Waals surface area contributed by atoms with Crippen molar-refractivity contribution in [1.29, 1.82) is 0 Å². The molecule has 0 radical (unpaired) electrons. The molecule has 0 amide bonds. The summed E-state index contributed by atoms with van der Waals surface area (Å²) in [5, 5.41) is 5.06. The quantitative estimate of drug-likeness (QED) is 0.933. The lowest BCUT2D eigenvalue weighted by Gasteiger charge is -2.21. The van der Waals surface area contributed by atoms with Crippen LogP contribution in [0.3, 0.4) is 0 Å². The van der Waals surface area contributed by atoms with Gasteiger partial charge in [0.2, 0.25) is 0 Å². The van der Waals surface area contributed by atoms with Crippen molar-refractivity contribution in [2.24, 2.45) is 0 Å². The lowest BCUT2D eigenvalue weighted by atomic mass is 10.0. The maximum atomic E-state index is 6.20. The van der Waals surface area contributed by atoms with Gasteiger partial charge in [0.1, 0.15) is 0 Å². The molecule has 0 aliphatic heterocycles. The average molecular weight is 278 g/mol. The van der Waals surface area contributed by atoms with Gasteiger partial charge in [-0.05, 0) is 44.2 Å². The van der Waals surface area contributed by atoms with E-state index in [-0.39, 0.29) is 0 Å². The number of hydrogen-bond donors (Lipinski definition) is 1. The number of rotatable bonds is 3. The van der Waals surface area contributed by atoms with Crippen LogP contribution >= 0.6 is 11.6 Å². The predicted octanol–water partition coefficient (Wildman–Crippen LogP) is 3.29. The Morgan fingerprint density at radius 3 is 2.53 bits per heavy atom. The molecule has 1 aromatic carbocycles. The number of nitrogens with zero attached hydrogens (tertiary/aromatic N) is 2. The van der Waals surface area contributed by atoms with Gasteiger partial charge in [0.25, 0.3) is 0 Å². The van der Waals surface area contributed by atoms with Gasteiger partial charge in [0, 0.05) is 31.0 Å². The van der Waals surface area contributed by atoms with Crippen molar-refractivity contribution in [1.82, 2.24) is 10.3 Å². The van der Waals surface area contributed by atoms with Gasteiger partial charge >= 0.3 is 0 Å². The molecule has 0 fully saturated rings. The molecule has 102 valence electrons. The van der Waals surface area contributed by atoms with E-state index in [4.69, 9.17) is 16.6 Å². The van der Waals surface area contributed by atoms with E-state index in [1.807, 2.05) is 19.2 Å². The van der Waals surface area contributed by atoms with Gasteiger partial charge in [-0.25, -0.2) is 0 Å². The minimum Gasteiger partial charge on any atom is -0.377 e. The zero-order chi connectivity index (χ0) is 14.2. The van der Waals surface area contributed by atoms with Crippen LogP contribution in [0.4, 0.5) is 5.69 Å². The van der Waals surface area contributed by atoms with Crippen LogP contribution in [0.5, 0.6) is 0 Å². The summed E-state index contributed by atoms with van der Waals surface area (Å²) in [6.07, 6.45) is 0. The Morgan fingerprint density at radius 2 is 1.95 bits per heavy atom. The molecular weight excluding hydrogens is 258 g/mol. The average Bonchev–Trinajstić information content (AvgIpc) is 2.30. The number of pyridine rings is 1. The molecule has 2 aromatic rings. The molecule has 0 saturated heterocycles. The van der Waals surface area contributed by atoms with Crippen molar-refractivity contribution in [2.45, 2.75) is 20.4 Å². The van der Waals surface area contributed by atoms with Gasteiger partial charge in [0.05, 0.1) is 16.9 Å². The molecule has 1 N–H and O–H groups in total. The number of fused-ring (bicyclic) bond motifs is 1. The van der Waals surface area contributed by atoms with Gasteiger partial charge in [-0.2, -0.15) is 0 Å². The first-order valence-electron chi connectivity index (χ1n) is 6.37. The molecule has 1 aromatic heterocycles. The van der Waals surface area contributed by atoms with Crippen molar-refractivity contribution in [3.05, 3.63) is 34.0 Å². The smallest absolute Gasteiger partial charge is 0.0757 e. The molecule has 0 saturated carbocycles. The molecule has 4 heteroatoms. The fourth-order valence-electron chi connectivity index (χ4n) is 2.54. The standard InChI is InChI=1S/C15H20ClN3/c1-9-6-11(16)7-12-14(9)18-13(8-17-3)10(2)15(12)19(4)5/h6-7,17H,8H2,1-5H3. The Morgan fingerprint density at radius 1 is 1.26 bits per heavy atom. The van der Waals surface area contributed by atoms with E-state index >= 15 is 0 Å². The van der Waals surface area contributed by atoms with Crippen LogP contribution in [-0.2, 0) is 6.54 Å². The molecule has 0 unspecified atom stereocenters. The van der Waals surface area contributed by atoms with Crippen molar-refractivity contribution in [2.75, 3.05) is 26.0 Å². The number of benzene rings is 1. The Hall–Kier alpha value is -1.32. The highest BCUT2D eigenvalue weighted by Crippen LogP contribution is 2.33. The van der Waals surface area contributed by atoms with E-state index in [0.29, 0.717) is 0 Å². The SMILES string of the molecule is CNCc1nc2c(C)cc(Cl)cc2c(N(C)C)c1C. The zero-order valence-electron chi connectivity index (χ0n) is 12.1.